The number of rotatable bonds is 4. The molecular formula is C16H18BrFN2. The second-order valence-corrected chi connectivity index (χ2v) is 5.90. The molecule has 0 saturated carbocycles. The summed E-state index contributed by atoms with van der Waals surface area (Å²) in [7, 11) is 1.88. The Morgan fingerprint density at radius 3 is 2.40 bits per heavy atom. The first kappa shape index (κ1) is 15.0. The lowest BCUT2D eigenvalue weighted by molar-refractivity contribution is 0.617. The van der Waals surface area contributed by atoms with Gasteiger partial charge in [0.25, 0.3) is 0 Å². The van der Waals surface area contributed by atoms with Crippen LogP contribution in [0.1, 0.15) is 24.1 Å². The fourth-order valence-electron chi connectivity index (χ4n) is 2.06. The van der Waals surface area contributed by atoms with Crippen molar-refractivity contribution >= 4 is 21.6 Å². The Morgan fingerprint density at radius 2 is 1.85 bits per heavy atom. The topological polar surface area (TPSA) is 29.3 Å². The molecule has 0 fully saturated rings. The third-order valence-electron chi connectivity index (χ3n) is 3.24. The summed E-state index contributed by atoms with van der Waals surface area (Å²) in [5, 5.41) is 0. The number of hydrogen-bond acceptors (Lipinski definition) is 2. The van der Waals surface area contributed by atoms with E-state index in [9.17, 15) is 4.39 Å². The van der Waals surface area contributed by atoms with Crippen LogP contribution in [0.4, 0.5) is 10.1 Å². The van der Waals surface area contributed by atoms with Crippen LogP contribution in [0, 0.1) is 5.82 Å². The van der Waals surface area contributed by atoms with Crippen LogP contribution in [-0.2, 0) is 6.54 Å². The Labute approximate surface area is 127 Å². The lowest BCUT2D eigenvalue weighted by atomic mass is 10.1. The van der Waals surface area contributed by atoms with E-state index in [1.54, 1.807) is 6.07 Å². The van der Waals surface area contributed by atoms with Crippen LogP contribution in [-0.4, -0.2) is 7.05 Å². The Balaban J connectivity index is 2.16. The fourth-order valence-corrected chi connectivity index (χ4v) is 2.33. The number of hydrogen-bond donors (Lipinski definition) is 1. The first-order chi connectivity index (χ1) is 9.47. The van der Waals surface area contributed by atoms with Gasteiger partial charge in [-0.2, -0.15) is 0 Å². The Kier molecular flexibility index (Phi) is 4.78. The molecule has 2 N–H and O–H groups in total. The van der Waals surface area contributed by atoms with Crippen LogP contribution in [0.5, 0.6) is 0 Å². The van der Waals surface area contributed by atoms with Gasteiger partial charge in [-0.15, -0.1) is 0 Å². The molecule has 0 unspecified atom stereocenters. The second-order valence-electron chi connectivity index (χ2n) is 4.98. The summed E-state index contributed by atoms with van der Waals surface area (Å²) in [6.07, 6.45) is 0. The van der Waals surface area contributed by atoms with Crippen molar-refractivity contribution in [3.05, 3.63) is 63.9 Å². The monoisotopic (exact) mass is 336 g/mol. The predicted octanol–water partition coefficient (Wildman–Crippen LogP) is 4.24. The van der Waals surface area contributed by atoms with Gasteiger partial charge >= 0.3 is 0 Å². The number of halogens is 2. The second kappa shape index (κ2) is 6.37. The molecule has 0 saturated heterocycles. The minimum Gasteiger partial charge on any atom is -0.368 e. The molecule has 0 spiro atoms. The van der Waals surface area contributed by atoms with Gasteiger partial charge in [-0.3, -0.25) is 0 Å². The highest BCUT2D eigenvalue weighted by Gasteiger charge is 2.10. The van der Waals surface area contributed by atoms with E-state index in [1.807, 2.05) is 49.2 Å². The smallest absolute Gasteiger partial charge is 0.146 e. The van der Waals surface area contributed by atoms with Crippen LogP contribution >= 0.6 is 15.9 Å². The average Bonchev–Trinajstić information content (AvgIpc) is 2.41. The molecule has 2 aromatic carbocycles. The molecule has 0 heterocycles. The molecular weight excluding hydrogens is 319 g/mol. The van der Waals surface area contributed by atoms with Crippen molar-refractivity contribution in [3.63, 3.8) is 0 Å². The summed E-state index contributed by atoms with van der Waals surface area (Å²) in [4.78, 5) is 1.89. The molecule has 20 heavy (non-hydrogen) atoms. The molecule has 0 aliphatic rings. The summed E-state index contributed by atoms with van der Waals surface area (Å²) in [5.41, 5.74) is 8.28. The Hall–Kier alpha value is -1.39. The molecule has 1 atom stereocenters. The molecule has 2 aromatic rings. The van der Waals surface area contributed by atoms with E-state index in [0.29, 0.717) is 12.2 Å². The summed E-state index contributed by atoms with van der Waals surface area (Å²) in [5.74, 6) is -0.237. The van der Waals surface area contributed by atoms with Crippen molar-refractivity contribution in [3.8, 4) is 0 Å². The largest absolute Gasteiger partial charge is 0.368 e. The van der Waals surface area contributed by atoms with Gasteiger partial charge in [-0.05, 0) is 42.3 Å². The van der Waals surface area contributed by atoms with Crippen molar-refractivity contribution in [1.29, 1.82) is 0 Å². The zero-order chi connectivity index (χ0) is 14.7. The number of nitrogens with zero attached hydrogens (tertiary/aromatic N) is 1. The van der Waals surface area contributed by atoms with Crippen molar-refractivity contribution in [2.45, 2.75) is 19.5 Å². The average molecular weight is 337 g/mol. The number of anilines is 1. The summed E-state index contributed by atoms with van der Waals surface area (Å²) < 4.78 is 15.2. The van der Waals surface area contributed by atoms with Gasteiger partial charge in [-0.25, -0.2) is 4.39 Å². The van der Waals surface area contributed by atoms with Gasteiger partial charge in [0.15, 0.2) is 0 Å². The molecule has 0 aromatic heterocycles. The minimum atomic E-state index is -0.237. The lowest BCUT2D eigenvalue weighted by Gasteiger charge is -2.21. The van der Waals surface area contributed by atoms with Gasteiger partial charge in [0.1, 0.15) is 5.82 Å². The summed E-state index contributed by atoms with van der Waals surface area (Å²) in [6.45, 7) is 2.50. The first-order valence-corrected chi connectivity index (χ1v) is 7.27. The Morgan fingerprint density at radius 1 is 1.20 bits per heavy atom. The van der Waals surface area contributed by atoms with E-state index >= 15 is 0 Å². The van der Waals surface area contributed by atoms with Gasteiger partial charge < -0.3 is 10.6 Å². The molecule has 2 rings (SSSR count). The maximum Gasteiger partial charge on any atom is 0.146 e. The molecule has 0 aliphatic carbocycles. The third kappa shape index (κ3) is 3.58. The number of benzene rings is 2. The quantitative estimate of drug-likeness (QED) is 0.904. The molecule has 2 nitrogen and oxygen atoms in total. The van der Waals surface area contributed by atoms with E-state index < -0.39 is 0 Å². The fraction of sp³-hybridized carbons (Fsp3) is 0.250. The van der Waals surface area contributed by atoms with Gasteiger partial charge in [-0.1, -0.05) is 34.1 Å². The predicted molar refractivity (Wildman–Crippen MR) is 85.3 cm³/mol. The molecule has 4 heteroatoms. The van der Waals surface area contributed by atoms with Gasteiger partial charge in [0.2, 0.25) is 0 Å². The SMILES string of the molecule is C[C@H](N)c1ccc(N(C)Cc2ccc(Br)cc2)c(F)c1. The van der Waals surface area contributed by atoms with E-state index in [1.165, 1.54) is 6.07 Å². The molecule has 0 bridgehead atoms. The summed E-state index contributed by atoms with van der Waals surface area (Å²) in [6, 6.07) is 13.0. The van der Waals surface area contributed by atoms with E-state index in [-0.39, 0.29) is 11.9 Å². The maximum absolute atomic E-state index is 14.1. The highest BCUT2D eigenvalue weighted by molar-refractivity contribution is 9.10. The van der Waals surface area contributed by atoms with E-state index in [0.717, 1.165) is 15.6 Å². The molecule has 106 valence electrons. The van der Waals surface area contributed by atoms with Crippen LogP contribution in [0.15, 0.2) is 46.9 Å². The van der Waals surface area contributed by atoms with Crippen molar-refractivity contribution in [2.75, 3.05) is 11.9 Å². The maximum atomic E-state index is 14.1. The Bertz CT molecular complexity index is 582. The van der Waals surface area contributed by atoms with Gasteiger partial charge in [0, 0.05) is 24.1 Å². The van der Waals surface area contributed by atoms with E-state index in [4.69, 9.17) is 5.73 Å². The molecule has 0 amide bonds. The molecule has 0 aliphatic heterocycles. The van der Waals surface area contributed by atoms with E-state index in [2.05, 4.69) is 15.9 Å². The van der Waals surface area contributed by atoms with Crippen LogP contribution in [0.3, 0.4) is 0 Å². The first-order valence-electron chi connectivity index (χ1n) is 6.48. The van der Waals surface area contributed by atoms with Crippen molar-refractivity contribution in [1.82, 2.24) is 0 Å². The highest BCUT2D eigenvalue weighted by Crippen LogP contribution is 2.23. The van der Waals surface area contributed by atoms with Crippen LogP contribution in [0.25, 0.3) is 0 Å². The normalized spacial score (nSPS) is 12.2. The standard InChI is InChI=1S/C16H18BrFN2/c1-11(19)13-5-8-16(15(18)9-13)20(2)10-12-3-6-14(17)7-4-12/h3-9,11H,10,19H2,1-2H3/t11-/m0/s1. The van der Waals surface area contributed by atoms with Crippen LogP contribution in [0.2, 0.25) is 0 Å². The highest BCUT2D eigenvalue weighted by atomic mass is 79.9. The number of nitrogens with two attached hydrogens (primary N) is 1. The third-order valence-corrected chi connectivity index (χ3v) is 3.77. The zero-order valence-corrected chi connectivity index (χ0v) is 13.2. The van der Waals surface area contributed by atoms with Crippen molar-refractivity contribution < 1.29 is 4.39 Å². The lowest BCUT2D eigenvalue weighted by Crippen LogP contribution is -2.18. The molecule has 0 radical (unpaired) electrons. The van der Waals surface area contributed by atoms with Crippen LogP contribution < -0.4 is 10.6 Å². The minimum absolute atomic E-state index is 0.157. The van der Waals surface area contributed by atoms with Gasteiger partial charge in [0.05, 0.1) is 5.69 Å². The van der Waals surface area contributed by atoms with Crippen molar-refractivity contribution in [2.24, 2.45) is 5.73 Å². The zero-order valence-electron chi connectivity index (χ0n) is 11.6. The summed E-state index contributed by atoms with van der Waals surface area (Å²) >= 11 is 3.40.